The van der Waals surface area contributed by atoms with Crippen LogP contribution in [0.25, 0.3) is 0 Å². The van der Waals surface area contributed by atoms with Crippen molar-refractivity contribution >= 4 is 23.2 Å². The van der Waals surface area contributed by atoms with Crippen LogP contribution in [0.3, 0.4) is 0 Å². The van der Waals surface area contributed by atoms with E-state index in [1.807, 2.05) is 35.7 Å². The van der Waals surface area contributed by atoms with Crippen LogP contribution in [0.4, 0.5) is 0 Å². The normalized spacial score (nSPS) is 22.8. The third-order valence-corrected chi connectivity index (χ3v) is 6.02. The monoisotopic (exact) mass is 344 g/mol. The zero-order chi connectivity index (χ0) is 16.7. The summed E-state index contributed by atoms with van der Waals surface area (Å²) in [5, 5.41) is 9.31. The number of aromatic nitrogens is 2. The number of hydrogen-bond acceptors (Lipinski definition) is 4. The predicted molar refractivity (Wildman–Crippen MR) is 90.9 cm³/mol. The van der Waals surface area contributed by atoms with E-state index in [9.17, 15) is 9.59 Å². The van der Waals surface area contributed by atoms with Gasteiger partial charge in [0.25, 0.3) is 5.91 Å². The second kappa shape index (κ2) is 5.73. The summed E-state index contributed by atoms with van der Waals surface area (Å²) in [5.74, 6) is 0.0623. The lowest BCUT2D eigenvalue weighted by Gasteiger charge is -2.39. The van der Waals surface area contributed by atoms with E-state index in [0.717, 1.165) is 29.7 Å². The quantitative estimate of drug-likeness (QED) is 0.903. The number of carbonyl (C=O) groups is 2. The SMILES string of the molecule is Cn1cc([C@H]2CC3(CCN(C(=O)c4cccs4)CC3)NC2=O)cn1. The van der Waals surface area contributed by atoms with Crippen molar-refractivity contribution in [1.29, 1.82) is 0 Å². The first-order chi connectivity index (χ1) is 11.6. The molecule has 2 saturated heterocycles. The average Bonchev–Trinajstić information content (AvgIpc) is 3.29. The second-order valence-corrected chi connectivity index (χ2v) is 7.69. The highest BCUT2D eigenvalue weighted by atomic mass is 32.1. The molecule has 2 fully saturated rings. The molecule has 1 spiro atoms. The van der Waals surface area contributed by atoms with E-state index in [0.29, 0.717) is 13.1 Å². The van der Waals surface area contributed by atoms with Gasteiger partial charge in [0.2, 0.25) is 5.91 Å². The van der Waals surface area contributed by atoms with E-state index >= 15 is 0 Å². The number of hydrogen-bond donors (Lipinski definition) is 1. The van der Waals surface area contributed by atoms with Gasteiger partial charge in [0, 0.05) is 37.4 Å². The highest BCUT2D eigenvalue weighted by Crippen LogP contribution is 2.39. The Balaban J connectivity index is 1.44. The minimum atomic E-state index is -0.177. The van der Waals surface area contributed by atoms with Gasteiger partial charge in [-0.1, -0.05) is 6.07 Å². The molecular formula is C17H20N4O2S. The molecule has 24 heavy (non-hydrogen) atoms. The van der Waals surface area contributed by atoms with E-state index < -0.39 is 0 Å². The molecule has 0 bridgehead atoms. The zero-order valence-electron chi connectivity index (χ0n) is 13.6. The standard InChI is InChI=1S/C17H20N4O2S/c1-20-11-12(10-18-20)13-9-17(19-15(13)22)4-6-21(7-5-17)16(23)14-3-2-8-24-14/h2-3,8,10-11,13H,4-7,9H2,1H3,(H,19,22)/t13-/m1/s1. The van der Waals surface area contributed by atoms with Crippen LogP contribution in [0, 0.1) is 0 Å². The van der Waals surface area contributed by atoms with Gasteiger partial charge >= 0.3 is 0 Å². The van der Waals surface area contributed by atoms with E-state index in [-0.39, 0.29) is 23.3 Å². The highest BCUT2D eigenvalue weighted by Gasteiger charge is 2.47. The molecular weight excluding hydrogens is 324 g/mol. The molecule has 0 aliphatic carbocycles. The van der Waals surface area contributed by atoms with Gasteiger partial charge in [-0.2, -0.15) is 5.10 Å². The Kier molecular flexibility index (Phi) is 3.68. The molecule has 4 rings (SSSR count). The average molecular weight is 344 g/mol. The van der Waals surface area contributed by atoms with Crippen molar-refractivity contribution in [3.8, 4) is 0 Å². The van der Waals surface area contributed by atoms with E-state index in [1.54, 1.807) is 10.9 Å². The van der Waals surface area contributed by atoms with Crippen molar-refractivity contribution < 1.29 is 9.59 Å². The summed E-state index contributed by atoms with van der Waals surface area (Å²) in [4.78, 5) is 27.6. The van der Waals surface area contributed by atoms with E-state index in [2.05, 4.69) is 10.4 Å². The summed E-state index contributed by atoms with van der Waals surface area (Å²) in [6, 6.07) is 3.77. The second-order valence-electron chi connectivity index (χ2n) is 6.74. The maximum absolute atomic E-state index is 12.5. The molecule has 1 N–H and O–H groups in total. The lowest BCUT2D eigenvalue weighted by molar-refractivity contribution is -0.121. The number of thiophene rings is 1. The van der Waals surface area contributed by atoms with Crippen molar-refractivity contribution in [3.05, 3.63) is 40.3 Å². The van der Waals surface area contributed by atoms with Crippen LogP contribution in [0.15, 0.2) is 29.9 Å². The lowest BCUT2D eigenvalue weighted by Crippen LogP contribution is -2.52. The maximum atomic E-state index is 12.5. The Hall–Kier alpha value is -2.15. The van der Waals surface area contributed by atoms with Crippen molar-refractivity contribution in [2.24, 2.45) is 7.05 Å². The first-order valence-electron chi connectivity index (χ1n) is 8.20. The first-order valence-corrected chi connectivity index (χ1v) is 9.08. The fourth-order valence-electron chi connectivity index (χ4n) is 3.80. The zero-order valence-corrected chi connectivity index (χ0v) is 14.4. The fourth-order valence-corrected chi connectivity index (χ4v) is 4.49. The van der Waals surface area contributed by atoms with Gasteiger partial charge in [0.1, 0.15) is 0 Å². The summed E-state index contributed by atoms with van der Waals surface area (Å²) in [6.07, 6.45) is 6.11. The largest absolute Gasteiger partial charge is 0.350 e. The topological polar surface area (TPSA) is 67.2 Å². The molecule has 2 aliphatic rings. The minimum absolute atomic E-state index is 0.0843. The van der Waals surface area contributed by atoms with Gasteiger partial charge in [0.15, 0.2) is 0 Å². The van der Waals surface area contributed by atoms with Crippen molar-refractivity contribution in [1.82, 2.24) is 20.0 Å². The van der Waals surface area contributed by atoms with Gasteiger partial charge in [0.05, 0.1) is 17.0 Å². The van der Waals surface area contributed by atoms with Gasteiger partial charge < -0.3 is 10.2 Å². The first kappa shape index (κ1) is 15.4. The van der Waals surface area contributed by atoms with Crippen LogP contribution in [-0.4, -0.2) is 45.1 Å². The Labute approximate surface area is 144 Å². The third-order valence-electron chi connectivity index (χ3n) is 5.17. The number of nitrogens with zero attached hydrogens (tertiary/aromatic N) is 3. The summed E-state index contributed by atoms with van der Waals surface area (Å²) >= 11 is 1.48. The molecule has 1 atom stereocenters. The Bertz CT molecular complexity index is 759. The van der Waals surface area contributed by atoms with E-state index in [1.165, 1.54) is 11.3 Å². The molecule has 0 radical (unpaired) electrons. The number of piperidine rings is 1. The number of rotatable bonds is 2. The Morgan fingerprint density at radius 1 is 1.42 bits per heavy atom. The molecule has 126 valence electrons. The van der Waals surface area contributed by atoms with Crippen LogP contribution in [0.5, 0.6) is 0 Å². The Morgan fingerprint density at radius 2 is 2.21 bits per heavy atom. The van der Waals surface area contributed by atoms with Gasteiger partial charge in [-0.15, -0.1) is 11.3 Å². The molecule has 0 saturated carbocycles. The molecule has 2 aromatic rings. The number of carbonyl (C=O) groups excluding carboxylic acids is 2. The number of likely N-dealkylation sites (tertiary alicyclic amines) is 1. The smallest absolute Gasteiger partial charge is 0.263 e. The summed E-state index contributed by atoms with van der Waals surface area (Å²) in [6.45, 7) is 1.38. The molecule has 6 nitrogen and oxygen atoms in total. The molecule has 2 aromatic heterocycles. The maximum Gasteiger partial charge on any atom is 0.263 e. The number of aryl methyl sites for hydroxylation is 1. The van der Waals surface area contributed by atoms with Gasteiger partial charge in [-0.05, 0) is 30.7 Å². The Morgan fingerprint density at radius 3 is 2.83 bits per heavy atom. The van der Waals surface area contributed by atoms with Crippen molar-refractivity contribution in [2.45, 2.75) is 30.7 Å². The van der Waals surface area contributed by atoms with Gasteiger partial charge in [-0.25, -0.2) is 0 Å². The molecule has 4 heterocycles. The molecule has 0 unspecified atom stereocenters. The van der Waals surface area contributed by atoms with Crippen molar-refractivity contribution in [3.63, 3.8) is 0 Å². The molecule has 2 amide bonds. The van der Waals surface area contributed by atoms with Crippen LogP contribution in [0.2, 0.25) is 0 Å². The van der Waals surface area contributed by atoms with E-state index in [4.69, 9.17) is 0 Å². The third kappa shape index (κ3) is 2.62. The van der Waals surface area contributed by atoms with Crippen molar-refractivity contribution in [2.75, 3.05) is 13.1 Å². The highest BCUT2D eigenvalue weighted by molar-refractivity contribution is 7.12. The summed E-state index contributed by atoms with van der Waals surface area (Å²) in [7, 11) is 1.86. The molecule has 2 aliphatic heterocycles. The number of nitrogens with one attached hydrogen (secondary N) is 1. The van der Waals surface area contributed by atoms with Crippen LogP contribution >= 0.6 is 11.3 Å². The molecule has 0 aromatic carbocycles. The lowest BCUT2D eigenvalue weighted by atomic mass is 9.82. The summed E-state index contributed by atoms with van der Waals surface area (Å²) in [5.41, 5.74) is 0.799. The summed E-state index contributed by atoms with van der Waals surface area (Å²) < 4.78 is 1.73. The predicted octanol–water partition coefficient (Wildman–Crippen LogP) is 1.76. The van der Waals surface area contributed by atoms with Crippen LogP contribution < -0.4 is 5.32 Å². The van der Waals surface area contributed by atoms with Gasteiger partial charge in [-0.3, -0.25) is 14.3 Å². The van der Waals surface area contributed by atoms with Crippen LogP contribution in [-0.2, 0) is 11.8 Å². The minimum Gasteiger partial charge on any atom is -0.350 e. The number of amides is 2. The fraction of sp³-hybridized carbons (Fsp3) is 0.471. The molecule has 7 heteroatoms. The van der Waals surface area contributed by atoms with Crippen LogP contribution in [0.1, 0.15) is 40.4 Å².